The standard InChI is InChI=1S/C10H11BrN2OS/c11-10-8(2-1-3-12-10)13-5-7(6-15)4-9(13)14/h1-3,7,15H,4-6H2. The maximum Gasteiger partial charge on any atom is 0.227 e. The summed E-state index contributed by atoms with van der Waals surface area (Å²) in [5.41, 5.74) is 0.854. The minimum absolute atomic E-state index is 0.155. The van der Waals surface area contributed by atoms with Crippen molar-refractivity contribution >= 4 is 40.2 Å². The molecule has 0 bridgehead atoms. The van der Waals surface area contributed by atoms with Crippen LogP contribution in [0.15, 0.2) is 22.9 Å². The Labute approximate surface area is 102 Å². The number of aromatic nitrogens is 1. The molecule has 5 heteroatoms. The summed E-state index contributed by atoms with van der Waals surface area (Å²) in [7, 11) is 0. The van der Waals surface area contributed by atoms with E-state index in [1.807, 2.05) is 12.1 Å². The molecule has 0 radical (unpaired) electrons. The fourth-order valence-electron chi connectivity index (χ4n) is 1.72. The predicted molar refractivity (Wildman–Crippen MR) is 66.3 cm³/mol. The number of nitrogens with zero attached hydrogens (tertiary/aromatic N) is 2. The highest BCUT2D eigenvalue weighted by Crippen LogP contribution is 2.29. The van der Waals surface area contributed by atoms with E-state index in [-0.39, 0.29) is 5.91 Å². The lowest BCUT2D eigenvalue weighted by Crippen LogP contribution is -2.25. The Hall–Kier alpha value is -0.550. The van der Waals surface area contributed by atoms with Crippen molar-refractivity contribution in [3.63, 3.8) is 0 Å². The van der Waals surface area contributed by atoms with E-state index >= 15 is 0 Å². The number of carbonyl (C=O) groups is 1. The van der Waals surface area contributed by atoms with Crippen LogP contribution in [-0.2, 0) is 4.79 Å². The number of amides is 1. The Kier molecular flexibility index (Phi) is 3.31. The summed E-state index contributed by atoms with van der Waals surface area (Å²) in [6.07, 6.45) is 2.29. The zero-order valence-electron chi connectivity index (χ0n) is 8.06. The predicted octanol–water partition coefficient (Wildman–Crippen LogP) is 2.13. The number of anilines is 1. The van der Waals surface area contributed by atoms with Gasteiger partial charge in [-0.2, -0.15) is 12.6 Å². The summed E-state index contributed by atoms with van der Waals surface area (Å²) >= 11 is 7.58. The molecule has 3 nitrogen and oxygen atoms in total. The van der Waals surface area contributed by atoms with Crippen molar-refractivity contribution in [2.45, 2.75) is 6.42 Å². The first-order chi connectivity index (χ1) is 7.22. The minimum Gasteiger partial charge on any atom is -0.310 e. The number of halogens is 1. The van der Waals surface area contributed by atoms with Crippen LogP contribution in [0.1, 0.15) is 6.42 Å². The molecule has 1 fully saturated rings. The van der Waals surface area contributed by atoms with Crippen LogP contribution in [-0.4, -0.2) is 23.2 Å². The number of hydrogen-bond donors (Lipinski definition) is 1. The minimum atomic E-state index is 0.155. The van der Waals surface area contributed by atoms with Crippen LogP contribution in [0.3, 0.4) is 0 Å². The molecule has 1 saturated heterocycles. The summed E-state index contributed by atoms with van der Waals surface area (Å²) in [6.45, 7) is 0.743. The number of rotatable bonds is 2. The van der Waals surface area contributed by atoms with Crippen molar-refractivity contribution in [1.82, 2.24) is 4.98 Å². The molecule has 1 aliphatic rings. The molecule has 80 valence electrons. The second-order valence-electron chi connectivity index (χ2n) is 3.57. The van der Waals surface area contributed by atoms with Crippen molar-refractivity contribution in [2.75, 3.05) is 17.2 Å². The lowest BCUT2D eigenvalue weighted by atomic mass is 10.1. The molecule has 15 heavy (non-hydrogen) atoms. The normalized spacial score (nSPS) is 21.1. The molecule has 1 amide bonds. The number of pyridine rings is 1. The largest absolute Gasteiger partial charge is 0.310 e. The average molecular weight is 287 g/mol. The van der Waals surface area contributed by atoms with Gasteiger partial charge in [-0.05, 0) is 39.7 Å². The molecular formula is C10H11BrN2OS. The van der Waals surface area contributed by atoms with E-state index < -0.39 is 0 Å². The lowest BCUT2D eigenvalue weighted by molar-refractivity contribution is -0.117. The molecule has 0 spiro atoms. The van der Waals surface area contributed by atoms with Gasteiger partial charge in [0.2, 0.25) is 5.91 Å². The summed E-state index contributed by atoms with van der Waals surface area (Å²) in [5, 5.41) is 0. The van der Waals surface area contributed by atoms with Crippen LogP contribution in [0.5, 0.6) is 0 Å². The third kappa shape index (κ3) is 2.18. The van der Waals surface area contributed by atoms with E-state index in [1.165, 1.54) is 0 Å². The van der Waals surface area contributed by atoms with E-state index in [4.69, 9.17) is 0 Å². The van der Waals surface area contributed by atoms with Gasteiger partial charge >= 0.3 is 0 Å². The molecule has 0 saturated carbocycles. The van der Waals surface area contributed by atoms with E-state index in [2.05, 4.69) is 33.5 Å². The Balaban J connectivity index is 2.25. The average Bonchev–Trinajstić information content (AvgIpc) is 2.60. The van der Waals surface area contributed by atoms with Gasteiger partial charge in [-0.25, -0.2) is 4.98 Å². The SMILES string of the molecule is O=C1CC(CS)CN1c1cccnc1Br. The summed E-state index contributed by atoms with van der Waals surface area (Å²) in [6, 6.07) is 3.73. The van der Waals surface area contributed by atoms with Gasteiger partial charge < -0.3 is 4.90 Å². The quantitative estimate of drug-likeness (QED) is 0.667. The molecule has 0 aromatic carbocycles. The van der Waals surface area contributed by atoms with Gasteiger partial charge in [0, 0.05) is 19.2 Å². The molecule has 1 aromatic rings. The van der Waals surface area contributed by atoms with Crippen molar-refractivity contribution in [1.29, 1.82) is 0 Å². The Morgan fingerprint density at radius 3 is 3.07 bits per heavy atom. The van der Waals surface area contributed by atoms with Crippen LogP contribution in [0.4, 0.5) is 5.69 Å². The van der Waals surface area contributed by atoms with E-state index in [1.54, 1.807) is 11.1 Å². The van der Waals surface area contributed by atoms with E-state index in [0.717, 1.165) is 22.6 Å². The van der Waals surface area contributed by atoms with E-state index in [0.29, 0.717) is 12.3 Å². The summed E-state index contributed by atoms with van der Waals surface area (Å²) in [5.74, 6) is 1.26. The van der Waals surface area contributed by atoms with Gasteiger partial charge in [0.05, 0.1) is 5.69 Å². The highest BCUT2D eigenvalue weighted by atomic mass is 79.9. The molecule has 0 aliphatic carbocycles. The van der Waals surface area contributed by atoms with Crippen molar-refractivity contribution < 1.29 is 4.79 Å². The first-order valence-corrected chi connectivity index (χ1v) is 6.16. The van der Waals surface area contributed by atoms with E-state index in [9.17, 15) is 4.79 Å². The molecule has 1 unspecified atom stereocenters. The molecule has 2 heterocycles. The third-order valence-electron chi connectivity index (χ3n) is 2.49. The first kappa shape index (κ1) is 11.0. The molecular weight excluding hydrogens is 276 g/mol. The van der Waals surface area contributed by atoms with Crippen LogP contribution in [0, 0.1) is 5.92 Å². The lowest BCUT2D eigenvalue weighted by Gasteiger charge is -2.17. The van der Waals surface area contributed by atoms with Gasteiger partial charge in [-0.15, -0.1) is 0 Å². The van der Waals surface area contributed by atoms with Gasteiger partial charge in [0.1, 0.15) is 4.60 Å². The van der Waals surface area contributed by atoms with Gasteiger partial charge in [-0.1, -0.05) is 0 Å². The smallest absolute Gasteiger partial charge is 0.227 e. The Morgan fingerprint density at radius 2 is 2.47 bits per heavy atom. The fourth-order valence-corrected chi connectivity index (χ4v) is 2.42. The Morgan fingerprint density at radius 1 is 1.67 bits per heavy atom. The first-order valence-electron chi connectivity index (χ1n) is 4.74. The summed E-state index contributed by atoms with van der Waals surface area (Å²) in [4.78, 5) is 17.6. The zero-order valence-corrected chi connectivity index (χ0v) is 10.5. The molecule has 1 atom stereocenters. The molecule has 0 N–H and O–H groups in total. The van der Waals surface area contributed by atoms with Crippen LogP contribution < -0.4 is 4.90 Å². The molecule has 1 aliphatic heterocycles. The van der Waals surface area contributed by atoms with Crippen molar-refractivity contribution in [2.24, 2.45) is 5.92 Å². The van der Waals surface area contributed by atoms with Gasteiger partial charge in [-0.3, -0.25) is 4.79 Å². The second-order valence-corrected chi connectivity index (χ2v) is 4.69. The van der Waals surface area contributed by atoms with Crippen LogP contribution >= 0.6 is 28.6 Å². The number of carbonyl (C=O) groups excluding carboxylic acids is 1. The maximum atomic E-state index is 11.7. The Bertz CT molecular complexity index is 385. The highest BCUT2D eigenvalue weighted by molar-refractivity contribution is 9.10. The highest BCUT2D eigenvalue weighted by Gasteiger charge is 2.30. The summed E-state index contributed by atoms with van der Waals surface area (Å²) < 4.78 is 0.721. The topological polar surface area (TPSA) is 33.2 Å². The monoisotopic (exact) mass is 286 g/mol. The second kappa shape index (κ2) is 4.53. The van der Waals surface area contributed by atoms with Crippen LogP contribution in [0.2, 0.25) is 0 Å². The number of hydrogen-bond acceptors (Lipinski definition) is 3. The molecule has 1 aromatic heterocycles. The third-order valence-corrected chi connectivity index (χ3v) is 3.62. The fraction of sp³-hybridized carbons (Fsp3) is 0.400. The zero-order chi connectivity index (χ0) is 10.8. The van der Waals surface area contributed by atoms with Crippen molar-refractivity contribution in [3.8, 4) is 0 Å². The van der Waals surface area contributed by atoms with Gasteiger partial charge in [0.25, 0.3) is 0 Å². The maximum absolute atomic E-state index is 11.7. The van der Waals surface area contributed by atoms with Crippen molar-refractivity contribution in [3.05, 3.63) is 22.9 Å². The number of thiol groups is 1. The van der Waals surface area contributed by atoms with Crippen LogP contribution in [0.25, 0.3) is 0 Å². The molecule has 2 rings (SSSR count). The van der Waals surface area contributed by atoms with Gasteiger partial charge in [0.15, 0.2) is 0 Å².